The second-order valence-corrected chi connectivity index (χ2v) is 3.28. The molecule has 0 spiro atoms. The van der Waals surface area contributed by atoms with Crippen LogP contribution >= 0.6 is 0 Å². The standard InChI is InChI=1S/C9H15N3O4/c1-16-6-7-8(9(14)15)10-11-12(7)4-2-3-5-13/h13H,2-6H2,1H3,(H,14,15). The number of carboxylic acid groups (broad SMARTS) is 1. The molecule has 0 radical (unpaired) electrons. The van der Waals surface area contributed by atoms with Crippen molar-refractivity contribution in [3.05, 3.63) is 11.4 Å². The molecule has 1 aromatic heterocycles. The van der Waals surface area contributed by atoms with Gasteiger partial charge in [-0.1, -0.05) is 5.21 Å². The van der Waals surface area contributed by atoms with Crippen LogP contribution in [0.15, 0.2) is 0 Å². The van der Waals surface area contributed by atoms with Gasteiger partial charge in [-0.15, -0.1) is 5.10 Å². The molecule has 0 saturated carbocycles. The number of aryl methyl sites for hydroxylation is 1. The highest BCUT2D eigenvalue weighted by atomic mass is 16.5. The zero-order valence-electron chi connectivity index (χ0n) is 9.09. The number of aromatic nitrogens is 3. The molecule has 0 aliphatic heterocycles. The molecule has 0 aromatic carbocycles. The number of aliphatic hydroxyl groups is 1. The van der Waals surface area contributed by atoms with E-state index in [9.17, 15) is 4.79 Å². The van der Waals surface area contributed by atoms with Crippen molar-refractivity contribution in [2.45, 2.75) is 26.0 Å². The number of methoxy groups -OCH3 is 1. The van der Waals surface area contributed by atoms with Gasteiger partial charge in [0.05, 0.1) is 12.3 Å². The molecule has 1 aromatic rings. The Hall–Kier alpha value is -1.47. The Labute approximate surface area is 92.6 Å². The first-order chi connectivity index (χ1) is 7.70. The Kier molecular flexibility index (Phi) is 4.87. The summed E-state index contributed by atoms with van der Waals surface area (Å²) < 4.78 is 6.41. The number of carboxylic acids is 1. The molecule has 1 heterocycles. The van der Waals surface area contributed by atoms with Crippen molar-refractivity contribution in [3.63, 3.8) is 0 Å². The van der Waals surface area contributed by atoms with Crippen molar-refractivity contribution in [1.29, 1.82) is 0 Å². The van der Waals surface area contributed by atoms with Crippen molar-refractivity contribution in [3.8, 4) is 0 Å². The van der Waals surface area contributed by atoms with Crippen LogP contribution in [0.1, 0.15) is 29.0 Å². The van der Waals surface area contributed by atoms with Crippen molar-refractivity contribution < 1.29 is 19.7 Å². The largest absolute Gasteiger partial charge is 0.476 e. The van der Waals surface area contributed by atoms with Crippen LogP contribution in [0.4, 0.5) is 0 Å². The normalized spacial score (nSPS) is 10.6. The average Bonchev–Trinajstić information content (AvgIpc) is 2.63. The molecule has 1 rings (SSSR count). The van der Waals surface area contributed by atoms with E-state index in [1.54, 1.807) is 0 Å². The summed E-state index contributed by atoms with van der Waals surface area (Å²) in [6.45, 7) is 0.799. The summed E-state index contributed by atoms with van der Waals surface area (Å²) in [4.78, 5) is 10.8. The predicted octanol–water partition coefficient (Wildman–Crippen LogP) is -0.105. The second-order valence-electron chi connectivity index (χ2n) is 3.28. The molecule has 0 amide bonds. The van der Waals surface area contributed by atoms with Crippen LogP contribution in [0.25, 0.3) is 0 Å². The summed E-state index contributed by atoms with van der Waals surface area (Å²) in [5.41, 5.74) is 0.374. The Morgan fingerprint density at radius 3 is 2.81 bits per heavy atom. The summed E-state index contributed by atoms with van der Waals surface area (Å²) >= 11 is 0. The van der Waals surface area contributed by atoms with Gasteiger partial charge in [0, 0.05) is 20.3 Å². The zero-order valence-corrected chi connectivity index (χ0v) is 9.09. The highest BCUT2D eigenvalue weighted by molar-refractivity contribution is 5.86. The minimum absolute atomic E-state index is 0.0779. The highest BCUT2D eigenvalue weighted by Crippen LogP contribution is 2.08. The lowest BCUT2D eigenvalue weighted by atomic mass is 10.3. The van der Waals surface area contributed by atoms with E-state index < -0.39 is 5.97 Å². The Morgan fingerprint density at radius 1 is 1.50 bits per heavy atom. The number of aromatic carboxylic acids is 1. The number of hydrogen-bond acceptors (Lipinski definition) is 5. The summed E-state index contributed by atoms with van der Waals surface area (Å²) in [6, 6.07) is 0. The maximum atomic E-state index is 10.8. The van der Waals surface area contributed by atoms with E-state index in [4.69, 9.17) is 14.9 Å². The van der Waals surface area contributed by atoms with Gasteiger partial charge >= 0.3 is 5.97 Å². The molecule has 0 aliphatic rings. The molecule has 7 nitrogen and oxygen atoms in total. The minimum atomic E-state index is -1.11. The van der Waals surface area contributed by atoms with E-state index in [0.29, 0.717) is 18.7 Å². The van der Waals surface area contributed by atoms with Crippen LogP contribution in [-0.2, 0) is 17.9 Å². The predicted molar refractivity (Wildman–Crippen MR) is 54.0 cm³/mol. The lowest BCUT2D eigenvalue weighted by molar-refractivity contribution is 0.0684. The molecule has 0 saturated heterocycles. The first-order valence-corrected chi connectivity index (χ1v) is 4.96. The van der Waals surface area contributed by atoms with Crippen molar-refractivity contribution in [2.75, 3.05) is 13.7 Å². The van der Waals surface area contributed by atoms with Crippen LogP contribution in [0.2, 0.25) is 0 Å². The van der Waals surface area contributed by atoms with Gasteiger partial charge in [0.1, 0.15) is 0 Å². The Balaban J connectivity index is 2.78. The molecule has 0 bridgehead atoms. The van der Waals surface area contributed by atoms with E-state index in [-0.39, 0.29) is 18.9 Å². The summed E-state index contributed by atoms with van der Waals surface area (Å²) in [5.74, 6) is -1.11. The second kappa shape index (κ2) is 6.19. The van der Waals surface area contributed by atoms with Gasteiger partial charge in [-0.05, 0) is 12.8 Å². The smallest absolute Gasteiger partial charge is 0.358 e. The third-order valence-electron chi connectivity index (χ3n) is 2.10. The fraction of sp³-hybridized carbons (Fsp3) is 0.667. The molecular formula is C9H15N3O4. The maximum absolute atomic E-state index is 10.8. The van der Waals surface area contributed by atoms with E-state index in [2.05, 4.69) is 10.3 Å². The molecule has 0 unspecified atom stereocenters. The molecule has 7 heteroatoms. The summed E-state index contributed by atoms with van der Waals surface area (Å²) in [6.07, 6.45) is 1.37. The van der Waals surface area contributed by atoms with Gasteiger partial charge in [0.2, 0.25) is 0 Å². The maximum Gasteiger partial charge on any atom is 0.358 e. The van der Waals surface area contributed by atoms with Crippen molar-refractivity contribution in [2.24, 2.45) is 0 Å². The fourth-order valence-electron chi connectivity index (χ4n) is 1.33. The number of hydrogen-bond donors (Lipinski definition) is 2. The van der Waals surface area contributed by atoms with Crippen LogP contribution in [0.3, 0.4) is 0 Å². The van der Waals surface area contributed by atoms with Gasteiger partial charge in [0.15, 0.2) is 5.69 Å². The van der Waals surface area contributed by atoms with Crippen LogP contribution in [0.5, 0.6) is 0 Å². The fourth-order valence-corrected chi connectivity index (χ4v) is 1.33. The Morgan fingerprint density at radius 2 is 2.25 bits per heavy atom. The third-order valence-corrected chi connectivity index (χ3v) is 2.10. The van der Waals surface area contributed by atoms with E-state index in [1.807, 2.05) is 0 Å². The quantitative estimate of drug-likeness (QED) is 0.633. The molecule has 0 atom stereocenters. The van der Waals surface area contributed by atoms with Gasteiger partial charge < -0.3 is 14.9 Å². The number of rotatable bonds is 7. The first kappa shape index (κ1) is 12.6. The molecule has 0 aliphatic carbocycles. The average molecular weight is 229 g/mol. The highest BCUT2D eigenvalue weighted by Gasteiger charge is 2.18. The van der Waals surface area contributed by atoms with Gasteiger partial charge in [-0.2, -0.15) is 0 Å². The molecule has 90 valence electrons. The number of ether oxygens (including phenoxy) is 1. The zero-order chi connectivity index (χ0) is 12.0. The minimum Gasteiger partial charge on any atom is -0.476 e. The Bertz CT molecular complexity index is 351. The third kappa shape index (κ3) is 3.01. The summed E-state index contributed by atoms with van der Waals surface area (Å²) in [7, 11) is 1.48. The van der Waals surface area contributed by atoms with E-state index in [1.165, 1.54) is 11.8 Å². The lowest BCUT2D eigenvalue weighted by Crippen LogP contribution is -2.10. The van der Waals surface area contributed by atoms with Crippen LogP contribution in [0, 0.1) is 0 Å². The van der Waals surface area contributed by atoms with Crippen molar-refractivity contribution >= 4 is 5.97 Å². The molecule has 2 N–H and O–H groups in total. The number of nitrogens with zero attached hydrogens (tertiary/aromatic N) is 3. The van der Waals surface area contributed by atoms with Gasteiger partial charge in [-0.25, -0.2) is 9.48 Å². The van der Waals surface area contributed by atoms with Gasteiger partial charge in [-0.3, -0.25) is 0 Å². The van der Waals surface area contributed by atoms with Crippen LogP contribution < -0.4 is 0 Å². The molecule has 16 heavy (non-hydrogen) atoms. The van der Waals surface area contributed by atoms with E-state index in [0.717, 1.165) is 6.42 Å². The summed E-state index contributed by atoms with van der Waals surface area (Å²) in [5, 5.41) is 24.8. The number of carbonyl (C=O) groups is 1. The lowest BCUT2D eigenvalue weighted by Gasteiger charge is -2.05. The SMILES string of the molecule is COCc1c(C(=O)O)nnn1CCCCO. The molecular weight excluding hydrogens is 214 g/mol. The molecule has 0 fully saturated rings. The first-order valence-electron chi connectivity index (χ1n) is 4.96. The van der Waals surface area contributed by atoms with Gasteiger partial charge in [0.25, 0.3) is 0 Å². The van der Waals surface area contributed by atoms with E-state index >= 15 is 0 Å². The number of aliphatic hydroxyl groups excluding tert-OH is 1. The number of unbranched alkanes of at least 4 members (excludes halogenated alkanes) is 1. The van der Waals surface area contributed by atoms with Crippen molar-refractivity contribution in [1.82, 2.24) is 15.0 Å². The van der Waals surface area contributed by atoms with Crippen LogP contribution in [-0.4, -0.2) is 44.9 Å². The monoisotopic (exact) mass is 229 g/mol. The topological polar surface area (TPSA) is 97.5 Å².